The summed E-state index contributed by atoms with van der Waals surface area (Å²) in [5, 5.41) is 11.9. The first kappa shape index (κ1) is 9.01. The van der Waals surface area contributed by atoms with Gasteiger partial charge in [-0.3, -0.25) is 0 Å². The van der Waals surface area contributed by atoms with E-state index in [-0.39, 0.29) is 0 Å². The van der Waals surface area contributed by atoms with Gasteiger partial charge in [0.05, 0.1) is 0 Å². The Hall–Kier alpha value is -0.0800. The van der Waals surface area contributed by atoms with E-state index in [4.69, 9.17) is 5.11 Å². The Bertz CT molecular complexity index is 89.6. The molecule has 0 spiro atoms. The quantitative estimate of drug-likeness (QED) is 0.600. The van der Waals surface area contributed by atoms with E-state index in [1.54, 1.807) is 0 Å². The zero-order chi connectivity index (χ0) is 7.94. The predicted octanol–water partition coefficient (Wildman–Crippen LogP) is 1.15. The third kappa shape index (κ3) is 3.73. The molecule has 66 valence electrons. The van der Waals surface area contributed by atoms with E-state index in [0.29, 0.717) is 6.61 Å². The van der Waals surface area contributed by atoms with Crippen molar-refractivity contribution in [1.82, 2.24) is 5.32 Å². The predicted molar refractivity (Wildman–Crippen MR) is 46.5 cm³/mol. The summed E-state index contributed by atoms with van der Waals surface area (Å²) in [6.07, 6.45) is 6.20. The summed E-state index contributed by atoms with van der Waals surface area (Å²) >= 11 is 0. The second-order valence-corrected chi connectivity index (χ2v) is 3.41. The fourth-order valence-corrected chi connectivity index (χ4v) is 1.72. The van der Waals surface area contributed by atoms with Gasteiger partial charge in [0.2, 0.25) is 0 Å². The van der Waals surface area contributed by atoms with Crippen LogP contribution in [-0.2, 0) is 0 Å². The molecule has 0 atom stereocenters. The Kier molecular flexibility index (Phi) is 4.55. The van der Waals surface area contributed by atoms with Crippen LogP contribution in [0.2, 0.25) is 0 Å². The lowest BCUT2D eigenvalue weighted by atomic mass is 9.93. The average Bonchev–Trinajstić information content (AvgIpc) is 2.07. The number of unbranched alkanes of at least 4 members (excludes halogenated alkanes) is 1. The zero-order valence-electron chi connectivity index (χ0n) is 7.18. The molecule has 2 nitrogen and oxygen atoms in total. The van der Waals surface area contributed by atoms with Crippen molar-refractivity contribution in [2.75, 3.05) is 19.7 Å². The van der Waals surface area contributed by atoms with Crippen molar-refractivity contribution in [3.8, 4) is 0 Å². The molecule has 2 N–H and O–H groups in total. The highest BCUT2D eigenvalue weighted by molar-refractivity contribution is 4.68. The molecule has 0 aromatic carbocycles. The summed E-state index contributed by atoms with van der Waals surface area (Å²) in [5.41, 5.74) is 0. The van der Waals surface area contributed by atoms with Crippen molar-refractivity contribution in [3.05, 3.63) is 0 Å². The van der Waals surface area contributed by atoms with Gasteiger partial charge in [-0.15, -0.1) is 0 Å². The molecule has 0 bridgehead atoms. The van der Waals surface area contributed by atoms with Gasteiger partial charge in [0.25, 0.3) is 0 Å². The molecule has 1 rings (SSSR count). The summed E-state index contributed by atoms with van der Waals surface area (Å²) in [5.74, 6) is 0.933. The van der Waals surface area contributed by atoms with Crippen LogP contribution in [0.3, 0.4) is 0 Å². The SMILES string of the molecule is OCCCCC1CCNCC1. The van der Waals surface area contributed by atoms with E-state index >= 15 is 0 Å². The Labute approximate surface area is 69.0 Å². The molecule has 2 heteroatoms. The molecule has 0 saturated carbocycles. The second kappa shape index (κ2) is 5.56. The monoisotopic (exact) mass is 157 g/mol. The van der Waals surface area contributed by atoms with Gasteiger partial charge in [-0.25, -0.2) is 0 Å². The number of nitrogens with one attached hydrogen (secondary N) is 1. The minimum absolute atomic E-state index is 0.366. The highest BCUT2D eigenvalue weighted by Gasteiger charge is 2.11. The maximum atomic E-state index is 8.58. The van der Waals surface area contributed by atoms with E-state index in [1.165, 1.54) is 38.8 Å². The normalized spacial score (nSPS) is 20.5. The molecule has 1 aliphatic rings. The van der Waals surface area contributed by atoms with Crippen LogP contribution in [0.5, 0.6) is 0 Å². The van der Waals surface area contributed by atoms with Crippen LogP contribution in [0, 0.1) is 5.92 Å². The van der Waals surface area contributed by atoms with Gasteiger partial charge in [0.15, 0.2) is 0 Å². The molecular weight excluding hydrogens is 138 g/mol. The second-order valence-electron chi connectivity index (χ2n) is 3.41. The van der Waals surface area contributed by atoms with Gasteiger partial charge in [-0.2, -0.15) is 0 Å². The third-order valence-corrected chi connectivity index (χ3v) is 2.48. The number of aliphatic hydroxyl groups is 1. The summed E-state index contributed by atoms with van der Waals surface area (Å²) in [6.45, 7) is 2.76. The van der Waals surface area contributed by atoms with E-state index in [9.17, 15) is 0 Å². The summed E-state index contributed by atoms with van der Waals surface area (Å²) in [4.78, 5) is 0. The molecule has 0 aliphatic carbocycles. The number of piperidine rings is 1. The first-order valence-corrected chi connectivity index (χ1v) is 4.75. The van der Waals surface area contributed by atoms with Gasteiger partial charge in [-0.05, 0) is 38.3 Å². The maximum Gasteiger partial charge on any atom is 0.0431 e. The third-order valence-electron chi connectivity index (χ3n) is 2.48. The first-order chi connectivity index (χ1) is 5.43. The Morgan fingerprint density at radius 2 is 1.91 bits per heavy atom. The molecule has 1 saturated heterocycles. The van der Waals surface area contributed by atoms with E-state index in [2.05, 4.69) is 5.32 Å². The van der Waals surface area contributed by atoms with Crippen LogP contribution >= 0.6 is 0 Å². The number of hydrogen-bond donors (Lipinski definition) is 2. The van der Waals surface area contributed by atoms with Gasteiger partial charge in [-0.1, -0.05) is 12.8 Å². The van der Waals surface area contributed by atoms with Gasteiger partial charge in [0, 0.05) is 6.61 Å². The number of hydrogen-bond acceptors (Lipinski definition) is 2. The molecule has 11 heavy (non-hydrogen) atoms. The lowest BCUT2D eigenvalue weighted by molar-refractivity contribution is 0.270. The highest BCUT2D eigenvalue weighted by atomic mass is 16.2. The van der Waals surface area contributed by atoms with Gasteiger partial charge < -0.3 is 10.4 Å². The molecule has 0 radical (unpaired) electrons. The fraction of sp³-hybridized carbons (Fsp3) is 1.00. The molecule has 1 fully saturated rings. The zero-order valence-corrected chi connectivity index (χ0v) is 7.18. The van der Waals surface area contributed by atoms with Crippen LogP contribution in [-0.4, -0.2) is 24.8 Å². The largest absolute Gasteiger partial charge is 0.396 e. The molecule has 0 unspecified atom stereocenters. The van der Waals surface area contributed by atoms with E-state index in [0.717, 1.165) is 12.3 Å². The summed E-state index contributed by atoms with van der Waals surface area (Å²) in [6, 6.07) is 0. The maximum absolute atomic E-state index is 8.58. The molecule has 0 aromatic rings. The van der Waals surface area contributed by atoms with Crippen molar-refractivity contribution < 1.29 is 5.11 Å². The minimum atomic E-state index is 0.366. The number of aliphatic hydroxyl groups excluding tert-OH is 1. The van der Waals surface area contributed by atoms with Gasteiger partial charge >= 0.3 is 0 Å². The Morgan fingerprint density at radius 3 is 2.55 bits per heavy atom. The van der Waals surface area contributed by atoms with Crippen molar-refractivity contribution in [1.29, 1.82) is 0 Å². The summed E-state index contributed by atoms with van der Waals surface area (Å²) in [7, 11) is 0. The molecule has 0 aromatic heterocycles. The van der Waals surface area contributed by atoms with Crippen molar-refractivity contribution in [2.45, 2.75) is 32.1 Å². The van der Waals surface area contributed by atoms with Crippen LogP contribution in [0.1, 0.15) is 32.1 Å². The smallest absolute Gasteiger partial charge is 0.0431 e. The minimum Gasteiger partial charge on any atom is -0.396 e. The topological polar surface area (TPSA) is 32.3 Å². The molecule has 1 heterocycles. The van der Waals surface area contributed by atoms with Gasteiger partial charge in [0.1, 0.15) is 0 Å². The van der Waals surface area contributed by atoms with Crippen LogP contribution < -0.4 is 5.32 Å². The Morgan fingerprint density at radius 1 is 1.18 bits per heavy atom. The summed E-state index contributed by atoms with van der Waals surface area (Å²) < 4.78 is 0. The average molecular weight is 157 g/mol. The van der Waals surface area contributed by atoms with Crippen LogP contribution in [0.25, 0.3) is 0 Å². The van der Waals surface area contributed by atoms with Crippen LogP contribution in [0.4, 0.5) is 0 Å². The number of rotatable bonds is 4. The molecule has 0 amide bonds. The van der Waals surface area contributed by atoms with Crippen LogP contribution in [0.15, 0.2) is 0 Å². The lowest BCUT2D eigenvalue weighted by Crippen LogP contribution is -2.27. The highest BCUT2D eigenvalue weighted by Crippen LogP contribution is 2.18. The first-order valence-electron chi connectivity index (χ1n) is 4.75. The Balaban J connectivity index is 1.96. The lowest BCUT2D eigenvalue weighted by Gasteiger charge is -2.22. The standard InChI is InChI=1S/C9H19NO/c11-8-2-1-3-9-4-6-10-7-5-9/h9-11H,1-8H2. The van der Waals surface area contributed by atoms with E-state index in [1.807, 2.05) is 0 Å². The fourth-order valence-electron chi connectivity index (χ4n) is 1.72. The van der Waals surface area contributed by atoms with Crippen molar-refractivity contribution in [2.24, 2.45) is 5.92 Å². The molecular formula is C9H19NO. The molecule has 1 aliphatic heterocycles. The van der Waals surface area contributed by atoms with Crippen molar-refractivity contribution in [3.63, 3.8) is 0 Å². The van der Waals surface area contributed by atoms with E-state index < -0.39 is 0 Å². The van der Waals surface area contributed by atoms with Crippen molar-refractivity contribution >= 4 is 0 Å².